The summed E-state index contributed by atoms with van der Waals surface area (Å²) in [4.78, 5) is 23.0. The Kier molecular flexibility index (Phi) is 6.80. The van der Waals surface area contributed by atoms with Gasteiger partial charge in [0.1, 0.15) is 6.04 Å². The first-order chi connectivity index (χ1) is 9.82. The van der Waals surface area contributed by atoms with Crippen molar-refractivity contribution < 1.29 is 19.4 Å². The van der Waals surface area contributed by atoms with Crippen LogP contribution >= 0.6 is 11.8 Å². The molecule has 21 heavy (non-hydrogen) atoms. The van der Waals surface area contributed by atoms with Crippen LogP contribution in [0.25, 0.3) is 0 Å². The van der Waals surface area contributed by atoms with E-state index in [4.69, 9.17) is 9.84 Å². The van der Waals surface area contributed by atoms with E-state index in [-0.39, 0.29) is 17.6 Å². The third-order valence-electron chi connectivity index (χ3n) is 4.06. The van der Waals surface area contributed by atoms with E-state index in [2.05, 4.69) is 10.6 Å². The van der Waals surface area contributed by atoms with Gasteiger partial charge in [-0.1, -0.05) is 13.8 Å². The van der Waals surface area contributed by atoms with Crippen LogP contribution in [0.4, 0.5) is 4.79 Å². The lowest BCUT2D eigenvalue weighted by atomic mass is 9.64. The summed E-state index contributed by atoms with van der Waals surface area (Å²) < 4.78 is 5.61. The summed E-state index contributed by atoms with van der Waals surface area (Å²) in [5.74, 6) is -0.308. The van der Waals surface area contributed by atoms with Gasteiger partial charge in [-0.15, -0.1) is 0 Å². The van der Waals surface area contributed by atoms with Gasteiger partial charge in [-0.05, 0) is 31.8 Å². The van der Waals surface area contributed by atoms with Gasteiger partial charge < -0.3 is 20.5 Å². The van der Waals surface area contributed by atoms with Crippen LogP contribution in [0.15, 0.2) is 0 Å². The van der Waals surface area contributed by atoms with Crippen molar-refractivity contribution in [3.05, 3.63) is 0 Å². The van der Waals surface area contributed by atoms with Crippen LogP contribution in [0.3, 0.4) is 0 Å². The first-order valence-corrected chi connectivity index (χ1v) is 8.62. The molecule has 0 aromatic rings. The van der Waals surface area contributed by atoms with Crippen molar-refractivity contribution in [1.29, 1.82) is 0 Å². The summed E-state index contributed by atoms with van der Waals surface area (Å²) >= 11 is 1.56. The molecule has 122 valence electrons. The number of ether oxygens (including phenoxy) is 1. The molecule has 0 aliphatic heterocycles. The molecule has 1 saturated carbocycles. The third kappa shape index (κ3) is 4.78. The van der Waals surface area contributed by atoms with Gasteiger partial charge >= 0.3 is 12.0 Å². The Hall–Kier alpha value is -0.950. The van der Waals surface area contributed by atoms with Crippen molar-refractivity contribution in [3.8, 4) is 0 Å². The maximum absolute atomic E-state index is 11.9. The lowest BCUT2D eigenvalue weighted by Gasteiger charge is -2.51. The molecule has 0 spiro atoms. The maximum Gasteiger partial charge on any atom is 0.326 e. The summed E-state index contributed by atoms with van der Waals surface area (Å²) in [5, 5.41) is 14.5. The molecule has 3 unspecified atom stereocenters. The molecule has 0 heterocycles. The highest BCUT2D eigenvalue weighted by atomic mass is 32.2. The molecule has 1 rings (SSSR count). The van der Waals surface area contributed by atoms with Gasteiger partial charge in [0.15, 0.2) is 0 Å². The molecule has 0 radical (unpaired) electrons. The zero-order chi connectivity index (χ0) is 16.0. The van der Waals surface area contributed by atoms with Crippen LogP contribution in [0.2, 0.25) is 0 Å². The maximum atomic E-state index is 11.9. The molecule has 1 aliphatic carbocycles. The summed E-state index contributed by atoms with van der Waals surface area (Å²) in [5.41, 5.74) is -0.134. The molecule has 1 aliphatic rings. The van der Waals surface area contributed by atoms with Crippen LogP contribution in [0.1, 0.15) is 33.6 Å². The number of hydrogen-bond acceptors (Lipinski definition) is 4. The predicted octanol–water partition coefficient (Wildman–Crippen LogP) is 1.70. The van der Waals surface area contributed by atoms with Crippen LogP contribution in [0.5, 0.6) is 0 Å². The Labute approximate surface area is 130 Å². The quantitative estimate of drug-likeness (QED) is 0.634. The Balaban J connectivity index is 2.45. The molecule has 3 atom stereocenters. The normalized spacial score (nSPS) is 24.8. The summed E-state index contributed by atoms with van der Waals surface area (Å²) in [6, 6.07) is -1.26. The largest absolute Gasteiger partial charge is 0.480 e. The SMILES string of the molecule is CCOC1CC(NC(=O)NC(CCSC)C(=O)O)C1(C)C. The molecule has 2 amide bonds. The summed E-state index contributed by atoms with van der Waals surface area (Å²) in [6.45, 7) is 6.70. The van der Waals surface area contributed by atoms with Crippen molar-refractivity contribution in [3.63, 3.8) is 0 Å². The first-order valence-electron chi connectivity index (χ1n) is 7.23. The molecule has 0 aromatic heterocycles. The molecule has 0 saturated heterocycles. The summed E-state index contributed by atoms with van der Waals surface area (Å²) in [6.07, 6.45) is 3.22. The van der Waals surface area contributed by atoms with E-state index >= 15 is 0 Å². The molecule has 6 nitrogen and oxygen atoms in total. The first kappa shape index (κ1) is 18.1. The zero-order valence-corrected chi connectivity index (χ0v) is 14.0. The molecule has 0 bridgehead atoms. The third-order valence-corrected chi connectivity index (χ3v) is 4.71. The van der Waals surface area contributed by atoms with Gasteiger partial charge in [0.25, 0.3) is 0 Å². The van der Waals surface area contributed by atoms with Crippen molar-refractivity contribution in [1.82, 2.24) is 10.6 Å². The molecular weight excluding hydrogens is 292 g/mol. The number of hydrogen-bond donors (Lipinski definition) is 3. The zero-order valence-electron chi connectivity index (χ0n) is 13.1. The van der Waals surface area contributed by atoms with Crippen LogP contribution in [-0.4, -0.2) is 53.9 Å². The minimum atomic E-state index is -1.00. The number of carboxylic acid groups (broad SMARTS) is 1. The smallest absolute Gasteiger partial charge is 0.326 e. The predicted molar refractivity (Wildman–Crippen MR) is 83.7 cm³/mol. The Morgan fingerprint density at radius 2 is 2.14 bits per heavy atom. The van der Waals surface area contributed by atoms with E-state index in [1.165, 1.54) is 0 Å². The molecule has 3 N–H and O–H groups in total. The molecule has 7 heteroatoms. The highest BCUT2D eigenvalue weighted by Gasteiger charge is 2.49. The van der Waals surface area contributed by atoms with Gasteiger partial charge in [0, 0.05) is 18.1 Å². The molecule has 1 fully saturated rings. The monoisotopic (exact) mass is 318 g/mol. The van der Waals surface area contributed by atoms with Gasteiger partial charge in [-0.25, -0.2) is 9.59 Å². The van der Waals surface area contributed by atoms with E-state index in [0.29, 0.717) is 18.8 Å². The van der Waals surface area contributed by atoms with Crippen LogP contribution in [0, 0.1) is 5.41 Å². The van der Waals surface area contributed by atoms with E-state index in [1.807, 2.05) is 27.0 Å². The van der Waals surface area contributed by atoms with Gasteiger partial charge in [-0.2, -0.15) is 11.8 Å². The minimum Gasteiger partial charge on any atom is -0.480 e. The number of urea groups is 1. The van der Waals surface area contributed by atoms with Crippen molar-refractivity contribution >= 4 is 23.8 Å². The topological polar surface area (TPSA) is 87.7 Å². The average Bonchev–Trinajstić information content (AvgIpc) is 2.42. The molecular formula is C14H26N2O4S. The lowest BCUT2D eigenvalue weighted by Crippen LogP contribution is -2.64. The van der Waals surface area contributed by atoms with E-state index in [0.717, 1.165) is 6.42 Å². The van der Waals surface area contributed by atoms with E-state index in [9.17, 15) is 9.59 Å². The van der Waals surface area contributed by atoms with Crippen LogP contribution < -0.4 is 10.6 Å². The number of carbonyl (C=O) groups excluding carboxylic acids is 1. The Morgan fingerprint density at radius 1 is 1.48 bits per heavy atom. The number of aliphatic carboxylic acids is 1. The van der Waals surface area contributed by atoms with E-state index < -0.39 is 18.0 Å². The second kappa shape index (κ2) is 7.89. The van der Waals surface area contributed by atoms with Crippen LogP contribution in [-0.2, 0) is 9.53 Å². The minimum absolute atomic E-state index is 0.00375. The van der Waals surface area contributed by atoms with Gasteiger partial charge in [0.05, 0.1) is 6.10 Å². The second-order valence-corrected chi connectivity index (χ2v) is 6.83. The van der Waals surface area contributed by atoms with Crippen molar-refractivity contribution in [2.24, 2.45) is 5.41 Å². The van der Waals surface area contributed by atoms with Gasteiger partial charge in [0.2, 0.25) is 0 Å². The fourth-order valence-electron chi connectivity index (χ4n) is 2.47. The Morgan fingerprint density at radius 3 is 2.62 bits per heavy atom. The standard InChI is InChI=1S/C14H26N2O4S/c1-5-20-11-8-10(14(11,2)3)16-13(19)15-9(12(17)18)6-7-21-4/h9-11H,5-8H2,1-4H3,(H,17,18)(H2,15,16,19). The number of nitrogens with one attached hydrogen (secondary N) is 2. The van der Waals surface area contributed by atoms with Crippen molar-refractivity contribution in [2.45, 2.75) is 51.8 Å². The highest BCUT2D eigenvalue weighted by molar-refractivity contribution is 7.98. The van der Waals surface area contributed by atoms with Crippen molar-refractivity contribution in [2.75, 3.05) is 18.6 Å². The fraction of sp³-hybridized carbons (Fsp3) is 0.857. The Bertz CT molecular complexity index is 376. The number of amides is 2. The van der Waals surface area contributed by atoms with Gasteiger partial charge in [-0.3, -0.25) is 0 Å². The average molecular weight is 318 g/mol. The highest BCUT2D eigenvalue weighted by Crippen LogP contribution is 2.42. The summed E-state index contributed by atoms with van der Waals surface area (Å²) in [7, 11) is 0. The lowest BCUT2D eigenvalue weighted by molar-refractivity contribution is -0.139. The second-order valence-electron chi connectivity index (χ2n) is 5.84. The number of rotatable bonds is 8. The fourth-order valence-corrected chi connectivity index (χ4v) is 2.94. The number of carboxylic acids is 1. The number of thioether (sulfide) groups is 1. The van der Waals surface area contributed by atoms with E-state index in [1.54, 1.807) is 11.8 Å². The molecule has 0 aromatic carbocycles. The number of carbonyl (C=O) groups is 2.